The molecule has 3 heteroatoms. The second kappa shape index (κ2) is 6.46. The highest BCUT2D eigenvalue weighted by molar-refractivity contribution is 6.11. The molecule has 28 heavy (non-hydrogen) atoms. The Balaban J connectivity index is 1.77. The van der Waals surface area contributed by atoms with Crippen LogP contribution in [0.4, 0.5) is 0 Å². The van der Waals surface area contributed by atoms with E-state index >= 15 is 0 Å². The van der Waals surface area contributed by atoms with Gasteiger partial charge in [0.05, 0.1) is 11.0 Å². The molecule has 2 aromatic heterocycles. The third kappa shape index (κ3) is 2.69. The van der Waals surface area contributed by atoms with Crippen LogP contribution in [0, 0.1) is 6.92 Å². The van der Waals surface area contributed by atoms with Crippen molar-refractivity contribution in [2.24, 2.45) is 0 Å². The molecule has 0 aliphatic rings. The monoisotopic (exact) mass is 362 g/mol. The van der Waals surface area contributed by atoms with Gasteiger partial charge >= 0.3 is 0 Å². The molecule has 0 saturated carbocycles. The molecular weight excluding hydrogens is 344 g/mol. The summed E-state index contributed by atoms with van der Waals surface area (Å²) in [6, 6.07) is 24.1. The first kappa shape index (κ1) is 16.5. The normalized spacial score (nSPS) is 11.2. The Kier molecular flexibility index (Phi) is 3.80. The van der Waals surface area contributed by atoms with Gasteiger partial charge in [0.15, 0.2) is 0 Å². The van der Waals surface area contributed by atoms with Crippen molar-refractivity contribution < 1.29 is 5.11 Å². The van der Waals surface area contributed by atoms with Crippen molar-refractivity contribution in [2.45, 2.75) is 6.92 Å². The molecule has 0 atom stereocenters. The van der Waals surface area contributed by atoms with Crippen molar-refractivity contribution in [3.63, 3.8) is 0 Å². The Labute approximate surface area is 163 Å². The van der Waals surface area contributed by atoms with Gasteiger partial charge in [0.1, 0.15) is 5.75 Å². The van der Waals surface area contributed by atoms with E-state index in [4.69, 9.17) is 0 Å². The third-order valence-electron chi connectivity index (χ3n) is 5.16. The SMILES string of the molecule is Cc1ccc(-c2ccnc3c2ccc2c(-c4ccc(O)cc4)ccnc23)cc1. The fraction of sp³-hybridized carbons (Fsp3) is 0.0400. The fourth-order valence-electron chi connectivity index (χ4n) is 3.71. The molecule has 3 aromatic carbocycles. The van der Waals surface area contributed by atoms with Gasteiger partial charge in [-0.25, -0.2) is 0 Å². The average Bonchev–Trinajstić information content (AvgIpc) is 2.74. The van der Waals surface area contributed by atoms with Crippen LogP contribution >= 0.6 is 0 Å². The second-order valence-electron chi connectivity index (χ2n) is 6.99. The summed E-state index contributed by atoms with van der Waals surface area (Å²) in [5.74, 6) is 0.261. The Morgan fingerprint density at radius 2 is 1.04 bits per heavy atom. The lowest BCUT2D eigenvalue weighted by Gasteiger charge is -2.11. The molecule has 0 aliphatic heterocycles. The van der Waals surface area contributed by atoms with E-state index in [9.17, 15) is 5.11 Å². The number of aromatic nitrogens is 2. The topological polar surface area (TPSA) is 46.0 Å². The highest BCUT2D eigenvalue weighted by Gasteiger charge is 2.12. The van der Waals surface area contributed by atoms with E-state index in [-0.39, 0.29) is 5.75 Å². The molecule has 0 bridgehead atoms. The fourth-order valence-corrected chi connectivity index (χ4v) is 3.71. The minimum absolute atomic E-state index is 0.261. The summed E-state index contributed by atoms with van der Waals surface area (Å²) < 4.78 is 0. The first-order valence-electron chi connectivity index (χ1n) is 9.23. The van der Waals surface area contributed by atoms with Gasteiger partial charge in [-0.05, 0) is 53.4 Å². The molecular formula is C25H18N2O. The van der Waals surface area contributed by atoms with E-state index in [0.29, 0.717) is 0 Å². The zero-order valence-corrected chi connectivity index (χ0v) is 15.4. The molecule has 2 heterocycles. The predicted molar refractivity (Wildman–Crippen MR) is 114 cm³/mol. The Morgan fingerprint density at radius 3 is 1.54 bits per heavy atom. The molecule has 5 rings (SSSR count). The number of fused-ring (bicyclic) bond motifs is 3. The average molecular weight is 362 g/mol. The van der Waals surface area contributed by atoms with Gasteiger partial charge in [-0.2, -0.15) is 0 Å². The van der Waals surface area contributed by atoms with Crippen LogP contribution in [-0.2, 0) is 0 Å². The zero-order valence-electron chi connectivity index (χ0n) is 15.4. The maximum atomic E-state index is 9.59. The first-order valence-corrected chi connectivity index (χ1v) is 9.23. The summed E-state index contributed by atoms with van der Waals surface area (Å²) in [6.07, 6.45) is 3.68. The van der Waals surface area contributed by atoms with E-state index in [2.05, 4.69) is 59.4 Å². The lowest BCUT2D eigenvalue weighted by atomic mass is 9.96. The van der Waals surface area contributed by atoms with Gasteiger partial charge < -0.3 is 5.11 Å². The van der Waals surface area contributed by atoms with Crippen LogP contribution in [-0.4, -0.2) is 15.1 Å². The van der Waals surface area contributed by atoms with Crippen molar-refractivity contribution in [3.05, 3.63) is 90.8 Å². The molecule has 0 spiro atoms. The summed E-state index contributed by atoms with van der Waals surface area (Å²) in [5.41, 5.74) is 7.48. The number of pyridine rings is 2. The largest absolute Gasteiger partial charge is 0.508 e. The summed E-state index contributed by atoms with van der Waals surface area (Å²) in [7, 11) is 0. The van der Waals surface area contributed by atoms with Gasteiger partial charge in [0.25, 0.3) is 0 Å². The van der Waals surface area contributed by atoms with Crippen LogP contribution in [0.1, 0.15) is 5.56 Å². The van der Waals surface area contributed by atoms with Gasteiger partial charge in [0.2, 0.25) is 0 Å². The Hall–Kier alpha value is -3.72. The standard InChI is InChI=1S/C25H18N2O/c1-16-2-4-17(5-3-16)20-12-14-26-24-22(20)10-11-23-21(13-15-27-25(23)24)18-6-8-19(28)9-7-18/h2-15,28H,1H3. The molecule has 1 N–H and O–H groups in total. The molecule has 0 amide bonds. The number of rotatable bonds is 2. The third-order valence-corrected chi connectivity index (χ3v) is 5.16. The minimum Gasteiger partial charge on any atom is -0.508 e. The Bertz CT molecular complexity index is 1200. The van der Waals surface area contributed by atoms with Gasteiger partial charge in [-0.3, -0.25) is 9.97 Å². The number of phenolic OH excluding ortho intramolecular Hbond substituents is 1. The molecule has 3 nitrogen and oxygen atoms in total. The number of phenols is 1. The molecule has 5 aromatic rings. The van der Waals surface area contributed by atoms with E-state index < -0.39 is 0 Å². The first-order chi connectivity index (χ1) is 13.7. The smallest absolute Gasteiger partial charge is 0.115 e. The van der Waals surface area contributed by atoms with Gasteiger partial charge in [-0.1, -0.05) is 54.1 Å². The number of benzene rings is 3. The van der Waals surface area contributed by atoms with Crippen molar-refractivity contribution >= 4 is 21.8 Å². The van der Waals surface area contributed by atoms with E-state index in [0.717, 1.165) is 38.5 Å². The van der Waals surface area contributed by atoms with Crippen LogP contribution < -0.4 is 0 Å². The lowest BCUT2D eigenvalue weighted by Crippen LogP contribution is -1.90. The van der Waals surface area contributed by atoms with Crippen LogP contribution in [0.15, 0.2) is 85.2 Å². The quantitative estimate of drug-likeness (QED) is 0.384. The Morgan fingerprint density at radius 1 is 0.571 bits per heavy atom. The van der Waals surface area contributed by atoms with Crippen molar-refractivity contribution in [2.75, 3.05) is 0 Å². The predicted octanol–water partition coefficient (Wildman–Crippen LogP) is 6.13. The van der Waals surface area contributed by atoms with E-state index in [1.165, 1.54) is 11.1 Å². The lowest BCUT2D eigenvalue weighted by molar-refractivity contribution is 0.475. The molecule has 0 fully saturated rings. The van der Waals surface area contributed by atoms with E-state index in [1.54, 1.807) is 12.1 Å². The number of nitrogens with zero attached hydrogens (tertiary/aromatic N) is 2. The highest BCUT2D eigenvalue weighted by atomic mass is 16.3. The van der Waals surface area contributed by atoms with Crippen molar-refractivity contribution in [1.29, 1.82) is 0 Å². The highest BCUT2D eigenvalue weighted by Crippen LogP contribution is 2.35. The summed E-state index contributed by atoms with van der Waals surface area (Å²) in [6.45, 7) is 2.09. The van der Waals surface area contributed by atoms with Crippen LogP contribution in [0.3, 0.4) is 0 Å². The summed E-state index contributed by atoms with van der Waals surface area (Å²) in [4.78, 5) is 9.31. The molecule has 0 radical (unpaired) electrons. The van der Waals surface area contributed by atoms with Crippen molar-refractivity contribution in [1.82, 2.24) is 9.97 Å². The number of aromatic hydroxyl groups is 1. The molecule has 0 saturated heterocycles. The second-order valence-corrected chi connectivity index (χ2v) is 6.99. The summed E-state index contributed by atoms with van der Waals surface area (Å²) >= 11 is 0. The van der Waals surface area contributed by atoms with E-state index in [1.807, 2.05) is 30.6 Å². The molecule has 0 unspecified atom stereocenters. The summed E-state index contributed by atoms with van der Waals surface area (Å²) in [5, 5.41) is 11.7. The van der Waals surface area contributed by atoms with Crippen LogP contribution in [0.25, 0.3) is 44.1 Å². The minimum atomic E-state index is 0.261. The zero-order chi connectivity index (χ0) is 19.1. The van der Waals surface area contributed by atoms with Gasteiger partial charge in [0, 0.05) is 23.2 Å². The molecule has 134 valence electrons. The number of aryl methyl sites for hydroxylation is 1. The van der Waals surface area contributed by atoms with Crippen molar-refractivity contribution in [3.8, 4) is 28.0 Å². The van der Waals surface area contributed by atoms with Gasteiger partial charge in [-0.15, -0.1) is 0 Å². The van der Waals surface area contributed by atoms with Crippen LogP contribution in [0.5, 0.6) is 5.75 Å². The number of hydrogen-bond donors (Lipinski definition) is 1. The maximum Gasteiger partial charge on any atom is 0.115 e. The number of hydrogen-bond acceptors (Lipinski definition) is 3. The maximum absolute atomic E-state index is 9.59. The molecule has 0 aliphatic carbocycles. The van der Waals surface area contributed by atoms with Crippen LogP contribution in [0.2, 0.25) is 0 Å².